The van der Waals surface area contributed by atoms with Crippen molar-refractivity contribution >= 4 is 22.6 Å². The topological polar surface area (TPSA) is 109 Å². The van der Waals surface area contributed by atoms with Crippen molar-refractivity contribution in [3.8, 4) is 0 Å². The molecule has 0 saturated carbocycles. The van der Waals surface area contributed by atoms with Crippen molar-refractivity contribution in [2.45, 2.75) is 0 Å². The van der Waals surface area contributed by atoms with Gasteiger partial charge in [0.15, 0.2) is 24.8 Å². The van der Waals surface area contributed by atoms with Gasteiger partial charge in [-0.3, -0.25) is 8.42 Å². The Hall–Kier alpha value is -2.35. The molecule has 0 radical (unpaired) electrons. The lowest BCUT2D eigenvalue weighted by Gasteiger charge is -2.06. The number of hydrogen-bond acceptors (Lipinski definition) is 4. The fraction of sp³-hybridized carbons (Fsp3) is 0. The molecule has 7 heteroatoms. The highest BCUT2D eigenvalue weighted by atomic mass is 32.3. The molecule has 0 unspecified atom stereocenters. The van der Waals surface area contributed by atoms with Crippen LogP contribution >= 0.6 is 0 Å². The molecule has 0 amide bonds. The van der Waals surface area contributed by atoms with Crippen molar-refractivity contribution in [1.82, 2.24) is 0 Å². The molecule has 0 aromatic carbocycles. The summed E-state index contributed by atoms with van der Waals surface area (Å²) in [5, 5.41) is 0. The van der Waals surface area contributed by atoms with Crippen LogP contribution in [0, 0.1) is 0 Å². The predicted octanol–water partition coefficient (Wildman–Crippen LogP) is 0.949. The molecule has 2 rings (SSSR count). The second kappa shape index (κ2) is 10.4. The van der Waals surface area contributed by atoms with E-state index in [-0.39, 0.29) is 0 Å². The van der Waals surface area contributed by atoms with Crippen molar-refractivity contribution in [3.05, 3.63) is 73.3 Å². The van der Waals surface area contributed by atoms with E-state index in [2.05, 4.69) is 23.1 Å². The average Bonchev–Trinajstić information content (AvgIpc) is 2.48. The summed E-state index contributed by atoms with van der Waals surface area (Å²) >= 11 is 0. The molecule has 0 aliphatic carbocycles. The molecule has 6 nitrogen and oxygen atoms in total. The van der Waals surface area contributed by atoms with Crippen LogP contribution in [0.25, 0.3) is 12.2 Å². The SMILES string of the molecule is C=Cc1cc[nH+]cc1.C=Cc1cc[nH+]cc1.O=S(=O)([O-])[O-]. The molecule has 2 aromatic rings. The van der Waals surface area contributed by atoms with E-state index in [0.717, 1.165) is 11.1 Å². The molecule has 0 atom stereocenters. The van der Waals surface area contributed by atoms with Crippen LogP contribution in [0.4, 0.5) is 0 Å². The minimum Gasteiger partial charge on any atom is -0.759 e. The third kappa shape index (κ3) is 13.9. The van der Waals surface area contributed by atoms with E-state index >= 15 is 0 Å². The van der Waals surface area contributed by atoms with Crippen molar-refractivity contribution in [2.24, 2.45) is 0 Å². The maximum Gasteiger partial charge on any atom is 0.167 e. The maximum atomic E-state index is 8.52. The summed E-state index contributed by atoms with van der Waals surface area (Å²) in [5.41, 5.74) is 2.28. The van der Waals surface area contributed by atoms with Gasteiger partial charge in [-0.05, 0) is 11.1 Å². The maximum absolute atomic E-state index is 8.52. The van der Waals surface area contributed by atoms with Crippen LogP contribution < -0.4 is 9.97 Å². The lowest BCUT2D eigenvalue weighted by atomic mass is 10.3. The lowest BCUT2D eigenvalue weighted by molar-refractivity contribution is -0.378. The second-order valence-electron chi connectivity index (χ2n) is 3.48. The van der Waals surface area contributed by atoms with E-state index in [4.69, 9.17) is 17.5 Å². The highest BCUT2D eigenvalue weighted by molar-refractivity contribution is 7.79. The third-order valence-corrected chi connectivity index (χ3v) is 1.96. The van der Waals surface area contributed by atoms with Gasteiger partial charge in [-0.15, -0.1) is 0 Å². The highest BCUT2D eigenvalue weighted by Gasteiger charge is 1.82. The van der Waals surface area contributed by atoms with Crippen LogP contribution in [-0.2, 0) is 10.4 Å². The first-order chi connectivity index (χ1) is 9.86. The second-order valence-corrected chi connectivity index (χ2v) is 4.30. The van der Waals surface area contributed by atoms with Crippen molar-refractivity contribution in [1.29, 1.82) is 0 Å². The fourth-order valence-corrected chi connectivity index (χ4v) is 1.07. The zero-order chi connectivity index (χ0) is 16.1. The first-order valence-electron chi connectivity index (χ1n) is 5.70. The number of aromatic nitrogens is 2. The number of H-pyrrole nitrogens is 2. The van der Waals surface area contributed by atoms with Gasteiger partial charge in [0, 0.05) is 34.7 Å². The van der Waals surface area contributed by atoms with Gasteiger partial charge in [0.25, 0.3) is 0 Å². The monoisotopic (exact) mass is 308 g/mol. The van der Waals surface area contributed by atoms with E-state index in [1.54, 1.807) is 0 Å². The van der Waals surface area contributed by atoms with Gasteiger partial charge < -0.3 is 9.11 Å². The van der Waals surface area contributed by atoms with E-state index in [0.29, 0.717) is 0 Å². The summed E-state index contributed by atoms with van der Waals surface area (Å²) in [4.78, 5) is 5.84. The Morgan fingerprint density at radius 3 is 1.19 bits per heavy atom. The van der Waals surface area contributed by atoms with Crippen LogP contribution in [-0.4, -0.2) is 17.5 Å². The Bertz CT molecular complexity index is 577. The van der Waals surface area contributed by atoms with Crippen LogP contribution in [0.1, 0.15) is 11.1 Å². The molecular formula is C14H16N2O4S. The Labute approximate surface area is 124 Å². The van der Waals surface area contributed by atoms with Crippen molar-refractivity contribution in [2.75, 3.05) is 0 Å². The molecule has 0 aliphatic rings. The number of aromatic amines is 2. The fourth-order valence-electron chi connectivity index (χ4n) is 1.07. The first-order valence-corrected chi connectivity index (χ1v) is 7.04. The lowest BCUT2D eigenvalue weighted by Crippen LogP contribution is -1.96. The molecule has 0 bridgehead atoms. The summed E-state index contributed by atoms with van der Waals surface area (Å²) in [6.45, 7) is 7.23. The Kier molecular flexibility index (Phi) is 9.27. The standard InChI is InChI=1S/2C7H7N.H2O4S/c2*1-2-7-3-5-8-6-4-7;1-5(2,3)4/h2*2-6H,1H2;(H2,1,2,3,4). The summed E-state index contributed by atoms with van der Waals surface area (Å²) in [5.74, 6) is 0. The average molecular weight is 308 g/mol. The van der Waals surface area contributed by atoms with E-state index in [1.165, 1.54) is 0 Å². The van der Waals surface area contributed by atoms with E-state index in [9.17, 15) is 0 Å². The number of nitrogens with one attached hydrogen (secondary N) is 2. The minimum atomic E-state index is -5.17. The Balaban J connectivity index is 0.000000296. The molecule has 0 saturated heterocycles. The minimum absolute atomic E-state index is 1.14. The third-order valence-electron chi connectivity index (χ3n) is 1.96. The van der Waals surface area contributed by atoms with Crippen molar-refractivity contribution in [3.63, 3.8) is 0 Å². The van der Waals surface area contributed by atoms with Crippen LogP contribution in [0.2, 0.25) is 0 Å². The first kappa shape index (κ1) is 18.7. The van der Waals surface area contributed by atoms with Gasteiger partial charge in [-0.2, -0.15) is 0 Å². The molecule has 2 aromatic heterocycles. The predicted molar refractivity (Wildman–Crippen MR) is 76.7 cm³/mol. The molecule has 2 N–H and O–H groups in total. The van der Waals surface area contributed by atoms with Gasteiger partial charge in [0.2, 0.25) is 0 Å². The van der Waals surface area contributed by atoms with Gasteiger partial charge >= 0.3 is 0 Å². The molecule has 112 valence electrons. The van der Waals surface area contributed by atoms with E-state index in [1.807, 2.05) is 61.2 Å². The van der Waals surface area contributed by atoms with E-state index < -0.39 is 10.4 Å². The molecule has 0 aliphatic heterocycles. The van der Waals surface area contributed by atoms with Crippen molar-refractivity contribution < 1.29 is 27.5 Å². The smallest absolute Gasteiger partial charge is 0.167 e. The zero-order valence-electron chi connectivity index (χ0n) is 11.2. The molecule has 2 heterocycles. The molecule has 0 fully saturated rings. The van der Waals surface area contributed by atoms with Crippen LogP contribution in [0.15, 0.2) is 62.2 Å². The highest BCUT2D eigenvalue weighted by Crippen LogP contribution is 1.93. The largest absolute Gasteiger partial charge is 0.759 e. The quantitative estimate of drug-likeness (QED) is 0.607. The van der Waals surface area contributed by atoms with Gasteiger partial charge in [-0.1, -0.05) is 25.3 Å². The number of hydrogen-bond donors (Lipinski definition) is 0. The van der Waals surface area contributed by atoms with Gasteiger partial charge in [0.1, 0.15) is 0 Å². The molecular weight excluding hydrogens is 292 g/mol. The Morgan fingerprint density at radius 1 is 0.810 bits per heavy atom. The summed E-state index contributed by atoms with van der Waals surface area (Å²) < 4.78 is 34.1. The van der Waals surface area contributed by atoms with Gasteiger partial charge in [-0.25, -0.2) is 9.97 Å². The van der Waals surface area contributed by atoms with Crippen LogP contribution in [0.5, 0.6) is 0 Å². The summed E-state index contributed by atoms with van der Waals surface area (Å²) in [6, 6.07) is 7.86. The zero-order valence-corrected chi connectivity index (χ0v) is 12.0. The normalized spacial score (nSPS) is 9.24. The summed E-state index contributed by atoms with van der Waals surface area (Å²) in [6.07, 6.45) is 11.1. The van der Waals surface area contributed by atoms with Gasteiger partial charge in [0.05, 0.1) is 0 Å². The molecule has 0 spiro atoms. The molecule has 21 heavy (non-hydrogen) atoms. The summed E-state index contributed by atoms with van der Waals surface area (Å²) in [7, 11) is -5.17. The number of rotatable bonds is 2. The Morgan fingerprint density at radius 2 is 1.05 bits per heavy atom. The van der Waals surface area contributed by atoms with Crippen LogP contribution in [0.3, 0.4) is 0 Å². The number of pyridine rings is 2.